The quantitative estimate of drug-likeness (QED) is 0.746. The van der Waals surface area contributed by atoms with Gasteiger partial charge in [0.05, 0.1) is 11.7 Å². The zero-order chi connectivity index (χ0) is 15.6. The number of benzene rings is 2. The van der Waals surface area contributed by atoms with Crippen LogP contribution >= 0.6 is 0 Å². The number of fused-ring (bicyclic) bond motifs is 1. The maximum absolute atomic E-state index is 4.28. The van der Waals surface area contributed by atoms with Gasteiger partial charge in [-0.1, -0.05) is 42.5 Å². The topological polar surface area (TPSA) is 46.8 Å². The fourth-order valence-electron chi connectivity index (χ4n) is 3.22. The maximum atomic E-state index is 4.28. The molecule has 0 saturated heterocycles. The van der Waals surface area contributed by atoms with Crippen LogP contribution in [0.2, 0.25) is 0 Å². The summed E-state index contributed by atoms with van der Waals surface area (Å²) in [5.41, 5.74) is 3.86. The second-order valence-corrected chi connectivity index (χ2v) is 5.95. The molecule has 2 heterocycles. The van der Waals surface area contributed by atoms with Crippen LogP contribution in [-0.2, 0) is 13.0 Å². The highest BCUT2D eigenvalue weighted by molar-refractivity contribution is 5.32. The number of hydrogen-bond donors (Lipinski definition) is 0. The molecule has 116 valence electrons. The van der Waals surface area contributed by atoms with Crippen LogP contribution in [-0.4, -0.2) is 31.7 Å². The predicted octanol–water partition coefficient (Wildman–Crippen LogP) is 2.78. The van der Waals surface area contributed by atoms with Crippen molar-refractivity contribution in [3.05, 3.63) is 71.5 Å². The van der Waals surface area contributed by atoms with Crippen LogP contribution < -0.4 is 0 Å². The first-order valence-corrected chi connectivity index (χ1v) is 7.97. The molecule has 5 heteroatoms. The van der Waals surface area contributed by atoms with Crippen molar-refractivity contribution in [1.29, 1.82) is 0 Å². The first-order chi connectivity index (χ1) is 11.3. The van der Waals surface area contributed by atoms with Gasteiger partial charge in [-0.05, 0) is 47.0 Å². The second kappa shape index (κ2) is 5.93. The molecule has 2 aromatic carbocycles. The number of rotatable bonds is 3. The Labute approximate surface area is 135 Å². The lowest BCUT2D eigenvalue weighted by atomic mass is 9.99. The molecule has 0 amide bonds. The van der Waals surface area contributed by atoms with Gasteiger partial charge in [-0.3, -0.25) is 4.90 Å². The molecule has 0 spiro atoms. The fraction of sp³-hybridized carbons (Fsp3) is 0.278. The van der Waals surface area contributed by atoms with E-state index in [9.17, 15) is 0 Å². The Balaban J connectivity index is 1.62. The van der Waals surface area contributed by atoms with Crippen LogP contribution in [0.3, 0.4) is 0 Å². The summed E-state index contributed by atoms with van der Waals surface area (Å²) in [6.07, 6.45) is 1.08. The minimum atomic E-state index is 0.165. The van der Waals surface area contributed by atoms with E-state index in [1.54, 1.807) is 0 Å². The minimum Gasteiger partial charge on any atom is -0.289 e. The number of hydrogen-bond acceptors (Lipinski definition) is 4. The number of tetrazole rings is 1. The Kier molecular flexibility index (Phi) is 3.63. The van der Waals surface area contributed by atoms with Gasteiger partial charge in [0.15, 0.2) is 5.82 Å². The van der Waals surface area contributed by atoms with Gasteiger partial charge in [0.2, 0.25) is 0 Å². The Hall–Kier alpha value is -2.53. The summed E-state index contributed by atoms with van der Waals surface area (Å²) in [6, 6.07) is 18.9. The molecule has 3 aromatic rings. The third-order valence-corrected chi connectivity index (χ3v) is 4.58. The molecular weight excluding hydrogens is 286 g/mol. The maximum Gasteiger partial charge on any atom is 0.173 e. The Morgan fingerprint density at radius 2 is 1.70 bits per heavy atom. The van der Waals surface area contributed by atoms with Crippen molar-refractivity contribution in [3.63, 3.8) is 0 Å². The fourth-order valence-corrected chi connectivity index (χ4v) is 3.22. The Morgan fingerprint density at radius 3 is 2.52 bits per heavy atom. The summed E-state index contributed by atoms with van der Waals surface area (Å²) in [7, 11) is 0. The van der Waals surface area contributed by atoms with Gasteiger partial charge in [0.25, 0.3) is 0 Å². The molecule has 4 rings (SSSR count). The van der Waals surface area contributed by atoms with Crippen LogP contribution in [0.4, 0.5) is 0 Å². The molecule has 0 N–H and O–H groups in total. The largest absolute Gasteiger partial charge is 0.289 e. The van der Waals surface area contributed by atoms with Crippen molar-refractivity contribution in [3.8, 4) is 5.69 Å². The molecule has 0 fully saturated rings. The van der Waals surface area contributed by atoms with Crippen LogP contribution in [0.1, 0.15) is 29.9 Å². The van der Waals surface area contributed by atoms with Gasteiger partial charge in [-0.25, -0.2) is 0 Å². The van der Waals surface area contributed by atoms with E-state index in [0.717, 1.165) is 31.0 Å². The molecule has 0 aliphatic carbocycles. The van der Waals surface area contributed by atoms with Gasteiger partial charge in [0, 0.05) is 13.1 Å². The van der Waals surface area contributed by atoms with E-state index in [-0.39, 0.29) is 6.04 Å². The average Bonchev–Trinajstić information content (AvgIpc) is 3.11. The van der Waals surface area contributed by atoms with Gasteiger partial charge >= 0.3 is 0 Å². The molecule has 1 atom stereocenters. The summed E-state index contributed by atoms with van der Waals surface area (Å²) >= 11 is 0. The molecule has 1 aliphatic heterocycles. The standard InChI is InChI=1S/C18H19N5/c1-14(22-12-11-15-7-5-6-8-16(15)13-22)18-19-20-21-23(18)17-9-3-2-4-10-17/h2-10,14H,11-13H2,1H3. The highest BCUT2D eigenvalue weighted by atomic mass is 15.6. The van der Waals surface area contributed by atoms with Crippen LogP contribution in [0.25, 0.3) is 5.69 Å². The monoisotopic (exact) mass is 305 g/mol. The van der Waals surface area contributed by atoms with Crippen molar-refractivity contribution in [2.24, 2.45) is 0 Å². The second-order valence-electron chi connectivity index (χ2n) is 5.95. The van der Waals surface area contributed by atoms with Crippen LogP contribution in [0, 0.1) is 0 Å². The third-order valence-electron chi connectivity index (χ3n) is 4.58. The smallest absolute Gasteiger partial charge is 0.173 e. The summed E-state index contributed by atoms with van der Waals surface area (Å²) in [4.78, 5) is 2.44. The summed E-state index contributed by atoms with van der Waals surface area (Å²) in [6.45, 7) is 4.15. The predicted molar refractivity (Wildman–Crippen MR) is 88.1 cm³/mol. The molecule has 5 nitrogen and oxygen atoms in total. The molecule has 0 saturated carbocycles. The molecular formula is C18H19N5. The lowest BCUT2D eigenvalue weighted by molar-refractivity contribution is 0.183. The van der Waals surface area contributed by atoms with Crippen molar-refractivity contribution in [2.45, 2.75) is 25.9 Å². The SMILES string of the molecule is CC(c1nnnn1-c1ccccc1)N1CCc2ccccc2C1. The van der Waals surface area contributed by atoms with E-state index in [2.05, 4.69) is 51.6 Å². The summed E-state index contributed by atoms with van der Waals surface area (Å²) in [5, 5.41) is 12.4. The summed E-state index contributed by atoms with van der Waals surface area (Å²) in [5.74, 6) is 0.885. The lowest BCUT2D eigenvalue weighted by Gasteiger charge is -2.32. The number of aromatic nitrogens is 4. The van der Waals surface area contributed by atoms with Gasteiger partial charge in [-0.15, -0.1) is 5.10 Å². The van der Waals surface area contributed by atoms with Crippen molar-refractivity contribution >= 4 is 0 Å². The van der Waals surface area contributed by atoms with E-state index >= 15 is 0 Å². The zero-order valence-electron chi connectivity index (χ0n) is 13.1. The molecule has 1 aromatic heterocycles. The average molecular weight is 305 g/mol. The van der Waals surface area contributed by atoms with E-state index in [1.165, 1.54) is 11.1 Å². The first kappa shape index (κ1) is 14.1. The molecule has 0 radical (unpaired) electrons. The molecule has 23 heavy (non-hydrogen) atoms. The number of para-hydroxylation sites is 1. The Bertz CT molecular complexity index is 796. The van der Waals surface area contributed by atoms with E-state index in [4.69, 9.17) is 0 Å². The van der Waals surface area contributed by atoms with Crippen LogP contribution in [0.15, 0.2) is 54.6 Å². The lowest BCUT2D eigenvalue weighted by Crippen LogP contribution is -2.34. The van der Waals surface area contributed by atoms with Crippen LogP contribution in [0.5, 0.6) is 0 Å². The minimum absolute atomic E-state index is 0.165. The van der Waals surface area contributed by atoms with Crippen molar-refractivity contribution in [1.82, 2.24) is 25.1 Å². The first-order valence-electron chi connectivity index (χ1n) is 7.97. The Morgan fingerprint density at radius 1 is 0.957 bits per heavy atom. The van der Waals surface area contributed by atoms with Gasteiger partial charge in [-0.2, -0.15) is 4.68 Å². The van der Waals surface area contributed by atoms with Crippen molar-refractivity contribution in [2.75, 3.05) is 6.54 Å². The van der Waals surface area contributed by atoms with E-state index < -0.39 is 0 Å². The zero-order valence-corrected chi connectivity index (χ0v) is 13.1. The van der Waals surface area contributed by atoms with Gasteiger partial charge in [0.1, 0.15) is 0 Å². The van der Waals surface area contributed by atoms with E-state index in [0.29, 0.717) is 0 Å². The highest BCUT2D eigenvalue weighted by Gasteiger charge is 2.25. The molecule has 1 aliphatic rings. The molecule has 0 bridgehead atoms. The van der Waals surface area contributed by atoms with Crippen molar-refractivity contribution < 1.29 is 0 Å². The summed E-state index contributed by atoms with van der Waals surface area (Å²) < 4.78 is 1.84. The highest BCUT2D eigenvalue weighted by Crippen LogP contribution is 2.27. The number of nitrogens with zero attached hydrogens (tertiary/aromatic N) is 5. The van der Waals surface area contributed by atoms with Gasteiger partial charge < -0.3 is 0 Å². The van der Waals surface area contributed by atoms with E-state index in [1.807, 2.05) is 35.0 Å². The molecule has 1 unspecified atom stereocenters. The third kappa shape index (κ3) is 2.64. The normalized spacial score (nSPS) is 16.0.